The van der Waals surface area contributed by atoms with E-state index in [2.05, 4.69) is 10.3 Å². The first-order valence-corrected chi connectivity index (χ1v) is 14.7. The standard InChI is InChI=1S/C34H31ClN4O7/c1-20-24(3-2-4-26(20)23-5-6-29-32(11-23)44-8-7-43-29)19-46-31-13-30(45-18-22-9-21(14-36)15-38-16-22)25(10-27(31)35)17-39-28(34(41)42)12-33(37)40/h2-6,9-11,13,15-16,28,39H,7-8,12,17-19H2,1H3,(H2,37,40)(H,41,42). The van der Waals surface area contributed by atoms with Gasteiger partial charge in [-0.1, -0.05) is 35.9 Å². The topological polar surface area (TPSA) is 166 Å². The second-order valence-corrected chi connectivity index (χ2v) is 11.0. The van der Waals surface area contributed by atoms with Crippen molar-refractivity contribution in [2.45, 2.75) is 39.1 Å². The van der Waals surface area contributed by atoms with Crippen molar-refractivity contribution in [3.05, 3.63) is 99.8 Å². The van der Waals surface area contributed by atoms with Gasteiger partial charge in [0.05, 0.1) is 17.0 Å². The number of pyridine rings is 1. The highest BCUT2D eigenvalue weighted by molar-refractivity contribution is 6.32. The Hall–Kier alpha value is -5.31. The molecule has 0 radical (unpaired) electrons. The van der Waals surface area contributed by atoms with Crippen molar-refractivity contribution < 1.29 is 33.6 Å². The number of nitrogens with two attached hydrogens (primary N) is 1. The third kappa shape index (κ3) is 7.85. The number of carboxylic acids is 1. The Balaban J connectivity index is 1.38. The molecule has 0 aliphatic carbocycles. The van der Waals surface area contributed by atoms with E-state index in [-0.39, 0.29) is 24.8 Å². The zero-order valence-electron chi connectivity index (χ0n) is 24.9. The summed E-state index contributed by atoms with van der Waals surface area (Å²) < 4.78 is 23.7. The number of carboxylic acid groups (broad SMARTS) is 1. The quantitative estimate of drug-likeness (QED) is 0.182. The Bertz CT molecular complexity index is 1810. The Morgan fingerprint density at radius 1 is 1.04 bits per heavy atom. The van der Waals surface area contributed by atoms with Gasteiger partial charge >= 0.3 is 5.97 Å². The average Bonchev–Trinajstić information content (AvgIpc) is 3.05. The molecule has 236 valence electrons. The van der Waals surface area contributed by atoms with Gasteiger partial charge in [-0.2, -0.15) is 5.26 Å². The maximum absolute atomic E-state index is 11.7. The fourth-order valence-corrected chi connectivity index (χ4v) is 5.19. The van der Waals surface area contributed by atoms with Crippen molar-refractivity contribution in [2.24, 2.45) is 5.73 Å². The van der Waals surface area contributed by atoms with Crippen LogP contribution in [-0.2, 0) is 29.3 Å². The van der Waals surface area contributed by atoms with Crippen LogP contribution in [-0.4, -0.2) is 41.2 Å². The third-order valence-electron chi connectivity index (χ3n) is 7.36. The van der Waals surface area contributed by atoms with Crippen molar-refractivity contribution in [3.8, 4) is 40.2 Å². The number of carbonyl (C=O) groups excluding carboxylic acids is 1. The summed E-state index contributed by atoms with van der Waals surface area (Å²) in [5, 5.41) is 21.9. The van der Waals surface area contributed by atoms with Crippen LogP contribution in [0, 0.1) is 18.3 Å². The molecule has 4 N–H and O–H groups in total. The lowest BCUT2D eigenvalue weighted by Crippen LogP contribution is -2.39. The van der Waals surface area contributed by atoms with E-state index in [9.17, 15) is 20.0 Å². The van der Waals surface area contributed by atoms with Crippen molar-refractivity contribution in [2.75, 3.05) is 13.2 Å². The highest BCUT2D eigenvalue weighted by atomic mass is 35.5. The maximum atomic E-state index is 11.7. The van der Waals surface area contributed by atoms with E-state index in [1.165, 1.54) is 6.20 Å². The number of halogens is 1. The number of benzene rings is 3. The number of nitriles is 1. The summed E-state index contributed by atoms with van der Waals surface area (Å²) in [4.78, 5) is 27.1. The van der Waals surface area contributed by atoms with Gasteiger partial charge in [-0.15, -0.1) is 0 Å². The van der Waals surface area contributed by atoms with E-state index in [0.29, 0.717) is 47.2 Å². The van der Waals surface area contributed by atoms with Crippen LogP contribution in [0.2, 0.25) is 5.02 Å². The molecule has 11 nitrogen and oxygen atoms in total. The first kappa shape index (κ1) is 32.1. The fraction of sp³-hybridized carbons (Fsp3) is 0.235. The summed E-state index contributed by atoms with van der Waals surface area (Å²) in [6.45, 7) is 3.32. The minimum atomic E-state index is -1.22. The summed E-state index contributed by atoms with van der Waals surface area (Å²) >= 11 is 6.65. The van der Waals surface area contributed by atoms with E-state index in [4.69, 9.17) is 36.3 Å². The van der Waals surface area contributed by atoms with Crippen LogP contribution in [0.3, 0.4) is 0 Å². The molecule has 46 heavy (non-hydrogen) atoms. The van der Waals surface area contributed by atoms with Gasteiger partial charge in [-0.3, -0.25) is 19.9 Å². The molecule has 1 atom stereocenters. The number of ether oxygens (including phenoxy) is 4. The van der Waals surface area contributed by atoms with Crippen LogP contribution in [0.15, 0.2) is 67.0 Å². The van der Waals surface area contributed by atoms with Gasteiger partial charge in [0.25, 0.3) is 0 Å². The molecule has 0 saturated carbocycles. The molecule has 0 spiro atoms. The molecule has 1 unspecified atom stereocenters. The first-order valence-electron chi connectivity index (χ1n) is 14.4. The number of nitrogens with zero attached hydrogens (tertiary/aromatic N) is 2. The largest absolute Gasteiger partial charge is 0.488 e. The highest BCUT2D eigenvalue weighted by Gasteiger charge is 2.21. The van der Waals surface area contributed by atoms with E-state index in [0.717, 1.165) is 28.0 Å². The van der Waals surface area contributed by atoms with Crippen LogP contribution < -0.4 is 30.0 Å². The number of amides is 1. The normalized spacial score (nSPS) is 12.5. The van der Waals surface area contributed by atoms with Gasteiger partial charge in [-0.05, 0) is 53.4 Å². The summed E-state index contributed by atoms with van der Waals surface area (Å²) in [5.74, 6) is 0.161. The number of nitrogens with one attached hydrogen (secondary N) is 1. The molecule has 0 saturated heterocycles. The third-order valence-corrected chi connectivity index (χ3v) is 7.65. The van der Waals surface area contributed by atoms with Gasteiger partial charge in [0, 0.05) is 36.1 Å². The van der Waals surface area contributed by atoms with Gasteiger partial charge in [-0.25, -0.2) is 0 Å². The Labute approximate surface area is 270 Å². The average molecular weight is 643 g/mol. The molecular formula is C34H31ClN4O7. The lowest BCUT2D eigenvalue weighted by Gasteiger charge is -2.20. The summed E-state index contributed by atoms with van der Waals surface area (Å²) in [6.07, 6.45) is 2.64. The molecule has 12 heteroatoms. The van der Waals surface area contributed by atoms with E-state index in [1.54, 1.807) is 24.4 Å². The zero-order valence-corrected chi connectivity index (χ0v) is 25.7. The van der Waals surface area contributed by atoms with Crippen molar-refractivity contribution in [1.82, 2.24) is 10.3 Å². The van der Waals surface area contributed by atoms with E-state index < -0.39 is 24.3 Å². The minimum Gasteiger partial charge on any atom is -0.488 e. The van der Waals surface area contributed by atoms with Crippen molar-refractivity contribution >= 4 is 23.5 Å². The molecule has 3 aromatic carbocycles. The number of hydrogen-bond donors (Lipinski definition) is 3. The predicted molar refractivity (Wildman–Crippen MR) is 169 cm³/mol. The fourth-order valence-electron chi connectivity index (χ4n) is 4.95. The van der Waals surface area contributed by atoms with Crippen LogP contribution in [0.5, 0.6) is 23.0 Å². The second-order valence-electron chi connectivity index (χ2n) is 10.6. The molecule has 5 rings (SSSR count). The van der Waals surface area contributed by atoms with Gasteiger partial charge in [0.15, 0.2) is 11.5 Å². The van der Waals surface area contributed by atoms with Crippen molar-refractivity contribution in [1.29, 1.82) is 5.26 Å². The number of primary amides is 1. The van der Waals surface area contributed by atoms with Crippen molar-refractivity contribution in [3.63, 3.8) is 0 Å². The minimum absolute atomic E-state index is 0.00670. The summed E-state index contributed by atoms with van der Waals surface area (Å²) in [7, 11) is 0. The Kier molecular flexibility index (Phi) is 10.2. The van der Waals surface area contributed by atoms with Gasteiger partial charge < -0.3 is 29.8 Å². The first-order chi connectivity index (χ1) is 22.2. The van der Waals surface area contributed by atoms with Crippen LogP contribution >= 0.6 is 11.6 Å². The molecule has 1 amide bonds. The number of fused-ring (bicyclic) bond motifs is 1. The van der Waals surface area contributed by atoms with E-state index in [1.807, 2.05) is 49.4 Å². The summed E-state index contributed by atoms with van der Waals surface area (Å²) in [5.41, 5.74) is 10.7. The molecule has 0 fully saturated rings. The van der Waals surface area contributed by atoms with Crippen LogP contribution in [0.4, 0.5) is 0 Å². The maximum Gasteiger partial charge on any atom is 0.321 e. The molecule has 4 aromatic rings. The zero-order chi connectivity index (χ0) is 32.6. The number of hydrogen-bond acceptors (Lipinski definition) is 9. The van der Waals surface area contributed by atoms with Crippen LogP contribution in [0.25, 0.3) is 11.1 Å². The molecule has 1 aromatic heterocycles. The van der Waals surface area contributed by atoms with E-state index >= 15 is 0 Å². The highest BCUT2D eigenvalue weighted by Crippen LogP contribution is 2.37. The summed E-state index contributed by atoms with van der Waals surface area (Å²) in [6, 6.07) is 17.6. The molecule has 1 aliphatic rings. The van der Waals surface area contributed by atoms with Gasteiger partial charge in [0.2, 0.25) is 5.91 Å². The Morgan fingerprint density at radius 3 is 2.59 bits per heavy atom. The number of rotatable bonds is 13. The molecule has 2 heterocycles. The predicted octanol–water partition coefficient (Wildman–Crippen LogP) is 4.93. The monoisotopic (exact) mass is 642 g/mol. The Morgan fingerprint density at radius 2 is 1.83 bits per heavy atom. The number of carbonyl (C=O) groups is 2. The number of aliphatic carboxylic acids is 1. The molecule has 1 aliphatic heterocycles. The van der Waals surface area contributed by atoms with Crippen LogP contribution in [0.1, 0.15) is 34.2 Å². The SMILES string of the molecule is Cc1c(COc2cc(OCc3cncc(C#N)c3)c(CNC(CC(N)=O)C(=O)O)cc2Cl)cccc1-c1ccc2c(c1)OCCO2. The lowest BCUT2D eigenvalue weighted by atomic mass is 9.96. The second kappa shape index (κ2) is 14.6. The molecular weight excluding hydrogens is 612 g/mol. The van der Waals surface area contributed by atoms with Gasteiger partial charge in [0.1, 0.15) is 50.0 Å². The smallest absolute Gasteiger partial charge is 0.321 e. The lowest BCUT2D eigenvalue weighted by molar-refractivity contribution is -0.141. The number of aromatic nitrogens is 1. The molecule has 0 bridgehead atoms.